The number of ether oxygens (including phenoxy) is 2. The number of nitrogens with zero attached hydrogens (tertiary/aromatic N) is 3. The predicted molar refractivity (Wildman–Crippen MR) is 79.0 cm³/mol. The molecule has 2 aromatic rings. The highest BCUT2D eigenvalue weighted by Crippen LogP contribution is 2.36. The first-order valence-electron chi connectivity index (χ1n) is 6.33. The molecular formula is C13H17ClN4O3. The maximum Gasteiger partial charge on any atom is 0.162 e. The van der Waals surface area contributed by atoms with Crippen LogP contribution in [0.3, 0.4) is 0 Å². The molecule has 0 fully saturated rings. The number of benzene rings is 1. The van der Waals surface area contributed by atoms with Crippen molar-refractivity contribution in [2.75, 3.05) is 26.1 Å². The summed E-state index contributed by atoms with van der Waals surface area (Å²) in [6.07, 6.45) is 1.76. The molecule has 0 saturated carbocycles. The van der Waals surface area contributed by atoms with Crippen molar-refractivity contribution < 1.29 is 14.6 Å². The summed E-state index contributed by atoms with van der Waals surface area (Å²) in [5.41, 5.74) is 1.46. The van der Waals surface area contributed by atoms with E-state index >= 15 is 0 Å². The van der Waals surface area contributed by atoms with E-state index in [0.717, 1.165) is 5.69 Å². The number of anilines is 1. The molecule has 1 heterocycles. The number of rotatable bonds is 7. The molecule has 0 radical (unpaired) electrons. The Labute approximate surface area is 127 Å². The number of nitrogens with one attached hydrogen (secondary N) is 1. The van der Waals surface area contributed by atoms with E-state index in [4.69, 9.17) is 26.2 Å². The highest BCUT2D eigenvalue weighted by atomic mass is 35.5. The summed E-state index contributed by atoms with van der Waals surface area (Å²) in [6.45, 7) is 0.905. The van der Waals surface area contributed by atoms with Gasteiger partial charge in [-0.1, -0.05) is 16.8 Å². The Morgan fingerprint density at radius 1 is 1.29 bits per heavy atom. The van der Waals surface area contributed by atoms with Gasteiger partial charge in [0.1, 0.15) is 5.69 Å². The predicted octanol–water partition coefficient (Wildman–Crippen LogP) is 1.55. The molecule has 0 unspecified atom stereocenters. The first-order valence-corrected chi connectivity index (χ1v) is 6.71. The summed E-state index contributed by atoms with van der Waals surface area (Å²) in [5.74, 6) is 1.16. The lowest BCUT2D eigenvalue weighted by Crippen LogP contribution is -2.02. The number of aliphatic hydroxyl groups excluding tert-OH is 1. The molecule has 0 aliphatic heterocycles. The van der Waals surface area contributed by atoms with Crippen molar-refractivity contribution in [1.82, 2.24) is 15.0 Å². The topological polar surface area (TPSA) is 81.4 Å². The first kappa shape index (κ1) is 15.4. The molecule has 2 rings (SSSR count). The highest BCUT2D eigenvalue weighted by Gasteiger charge is 2.10. The van der Waals surface area contributed by atoms with Crippen molar-refractivity contribution in [2.45, 2.75) is 13.1 Å². The molecular weight excluding hydrogens is 296 g/mol. The standard InChI is InChI=1S/C13H17ClN4O3/c1-20-12-5-10(14)11(6-13(12)21-2)15-7-9-8-18(3-4-19)17-16-9/h5-6,8,15,19H,3-4,7H2,1-2H3. The molecule has 0 saturated heterocycles. The Morgan fingerprint density at radius 2 is 2.00 bits per heavy atom. The van der Waals surface area contributed by atoms with Crippen LogP contribution in [0.5, 0.6) is 11.5 Å². The van der Waals surface area contributed by atoms with Crippen molar-refractivity contribution in [3.05, 3.63) is 29.0 Å². The number of hydrogen-bond donors (Lipinski definition) is 2. The fourth-order valence-corrected chi connectivity index (χ4v) is 2.03. The van der Waals surface area contributed by atoms with Gasteiger partial charge in [0.05, 0.1) is 50.8 Å². The smallest absolute Gasteiger partial charge is 0.162 e. The molecule has 114 valence electrons. The minimum Gasteiger partial charge on any atom is -0.493 e. The van der Waals surface area contributed by atoms with E-state index in [1.165, 1.54) is 0 Å². The fourth-order valence-electron chi connectivity index (χ4n) is 1.81. The van der Waals surface area contributed by atoms with Gasteiger partial charge in [-0.15, -0.1) is 5.10 Å². The molecule has 21 heavy (non-hydrogen) atoms. The Morgan fingerprint density at radius 3 is 2.67 bits per heavy atom. The molecule has 2 N–H and O–H groups in total. The molecule has 0 bridgehead atoms. The van der Waals surface area contributed by atoms with Gasteiger partial charge >= 0.3 is 0 Å². The number of aliphatic hydroxyl groups is 1. The minimum absolute atomic E-state index is 0.0255. The summed E-state index contributed by atoms with van der Waals surface area (Å²) in [5, 5.41) is 20.4. The minimum atomic E-state index is 0.0255. The zero-order valence-corrected chi connectivity index (χ0v) is 12.6. The van der Waals surface area contributed by atoms with Crippen LogP contribution in [0.4, 0.5) is 5.69 Å². The average Bonchev–Trinajstić information content (AvgIpc) is 2.93. The van der Waals surface area contributed by atoms with Gasteiger partial charge in [-0.2, -0.15) is 0 Å². The van der Waals surface area contributed by atoms with Crippen LogP contribution in [0, 0.1) is 0 Å². The van der Waals surface area contributed by atoms with Crippen molar-refractivity contribution in [3.8, 4) is 11.5 Å². The number of aromatic nitrogens is 3. The molecule has 7 nitrogen and oxygen atoms in total. The van der Waals surface area contributed by atoms with E-state index in [2.05, 4.69) is 15.6 Å². The normalized spacial score (nSPS) is 10.5. The SMILES string of the molecule is COc1cc(Cl)c(NCc2cn(CCO)nn2)cc1OC. The van der Waals surface area contributed by atoms with Gasteiger partial charge < -0.3 is 19.9 Å². The van der Waals surface area contributed by atoms with Gasteiger partial charge in [0.25, 0.3) is 0 Å². The van der Waals surface area contributed by atoms with E-state index < -0.39 is 0 Å². The Kier molecular flexibility index (Phi) is 5.24. The fraction of sp³-hybridized carbons (Fsp3) is 0.385. The van der Waals surface area contributed by atoms with E-state index in [1.54, 1.807) is 37.2 Å². The van der Waals surface area contributed by atoms with Crippen molar-refractivity contribution in [3.63, 3.8) is 0 Å². The summed E-state index contributed by atoms with van der Waals surface area (Å²) in [7, 11) is 3.12. The average molecular weight is 313 g/mol. The lowest BCUT2D eigenvalue weighted by molar-refractivity contribution is 0.268. The maximum absolute atomic E-state index is 8.83. The highest BCUT2D eigenvalue weighted by molar-refractivity contribution is 6.33. The number of halogens is 1. The van der Waals surface area contributed by atoms with Crippen LogP contribution in [-0.4, -0.2) is 40.9 Å². The Hall–Kier alpha value is -1.99. The summed E-state index contributed by atoms with van der Waals surface area (Å²) in [6, 6.07) is 3.45. The van der Waals surface area contributed by atoms with Crippen LogP contribution in [0.1, 0.15) is 5.69 Å². The van der Waals surface area contributed by atoms with Crippen LogP contribution in [0.2, 0.25) is 5.02 Å². The Balaban J connectivity index is 2.08. The van der Waals surface area contributed by atoms with Gasteiger partial charge in [-0.3, -0.25) is 0 Å². The molecule has 0 aliphatic rings. The molecule has 0 aliphatic carbocycles. The summed E-state index contributed by atoms with van der Waals surface area (Å²) in [4.78, 5) is 0. The quantitative estimate of drug-likeness (QED) is 0.807. The third-order valence-corrected chi connectivity index (χ3v) is 3.16. The van der Waals surface area contributed by atoms with Crippen LogP contribution < -0.4 is 14.8 Å². The van der Waals surface area contributed by atoms with Gasteiger partial charge in [-0.25, -0.2) is 4.68 Å². The van der Waals surface area contributed by atoms with Crippen LogP contribution in [0.25, 0.3) is 0 Å². The molecule has 1 aromatic carbocycles. The van der Waals surface area contributed by atoms with E-state index in [0.29, 0.717) is 35.3 Å². The lowest BCUT2D eigenvalue weighted by Gasteiger charge is -2.12. The lowest BCUT2D eigenvalue weighted by atomic mass is 10.2. The number of hydrogen-bond acceptors (Lipinski definition) is 6. The second-order valence-corrected chi connectivity index (χ2v) is 4.64. The summed E-state index contributed by atoms with van der Waals surface area (Å²) < 4.78 is 12.0. The summed E-state index contributed by atoms with van der Waals surface area (Å²) >= 11 is 6.19. The van der Waals surface area contributed by atoms with E-state index in [9.17, 15) is 0 Å². The van der Waals surface area contributed by atoms with Crippen LogP contribution in [0.15, 0.2) is 18.3 Å². The van der Waals surface area contributed by atoms with Gasteiger partial charge in [0.15, 0.2) is 11.5 Å². The number of methoxy groups -OCH3 is 2. The molecule has 0 spiro atoms. The van der Waals surface area contributed by atoms with Crippen LogP contribution in [-0.2, 0) is 13.1 Å². The van der Waals surface area contributed by atoms with E-state index in [1.807, 2.05) is 0 Å². The van der Waals surface area contributed by atoms with Gasteiger partial charge in [0.2, 0.25) is 0 Å². The monoisotopic (exact) mass is 312 g/mol. The van der Waals surface area contributed by atoms with Crippen molar-refractivity contribution >= 4 is 17.3 Å². The largest absolute Gasteiger partial charge is 0.493 e. The second kappa shape index (κ2) is 7.14. The molecule has 0 atom stereocenters. The molecule has 1 aromatic heterocycles. The van der Waals surface area contributed by atoms with Gasteiger partial charge in [0, 0.05) is 12.1 Å². The van der Waals surface area contributed by atoms with Crippen LogP contribution >= 0.6 is 11.6 Å². The van der Waals surface area contributed by atoms with Crippen molar-refractivity contribution in [2.24, 2.45) is 0 Å². The maximum atomic E-state index is 8.83. The first-order chi connectivity index (χ1) is 10.2. The third-order valence-electron chi connectivity index (χ3n) is 2.85. The van der Waals surface area contributed by atoms with E-state index in [-0.39, 0.29) is 6.61 Å². The van der Waals surface area contributed by atoms with Gasteiger partial charge in [-0.05, 0) is 0 Å². The zero-order chi connectivity index (χ0) is 15.2. The molecule has 8 heteroatoms. The third kappa shape index (κ3) is 3.77. The zero-order valence-electron chi connectivity index (χ0n) is 11.8. The molecule has 0 amide bonds. The Bertz CT molecular complexity index is 603. The van der Waals surface area contributed by atoms with Crippen molar-refractivity contribution in [1.29, 1.82) is 0 Å². The second-order valence-electron chi connectivity index (χ2n) is 4.24.